The highest BCUT2D eigenvalue weighted by Gasteiger charge is 2.46. The molecule has 0 bridgehead atoms. The van der Waals surface area contributed by atoms with E-state index in [0.29, 0.717) is 13.5 Å². The maximum Gasteiger partial charge on any atom is 0.480 e. The van der Waals surface area contributed by atoms with E-state index in [-0.39, 0.29) is 0 Å². The van der Waals surface area contributed by atoms with Crippen molar-refractivity contribution in [2.75, 3.05) is 13.2 Å². The number of alkyl halides is 6. The Kier molecular flexibility index (Phi) is 20.6. The molecule has 0 aromatic carbocycles. The molecule has 0 fully saturated rings. The number of rotatable bonds is 22. The molecule has 0 saturated heterocycles. The number of sulfonamides is 2. The molecule has 17 heteroatoms. The molecule has 1 rings (SSSR count). The molecule has 1 aromatic heterocycles. The number of unbranched alkanes of at least 4 members (excludes halogenated alkanes) is 12. The van der Waals surface area contributed by atoms with Gasteiger partial charge in [0.1, 0.15) is 12.4 Å². The first kappa shape index (κ1) is 40.6. The fraction of sp³-hybridized carbons (Fsp3) is 0.880. The number of halogens is 6. The summed E-state index contributed by atoms with van der Waals surface area (Å²) in [6, 6.07) is 0. The lowest BCUT2D eigenvalue weighted by Gasteiger charge is -2.22. The van der Waals surface area contributed by atoms with Gasteiger partial charge in [-0.1, -0.05) is 90.9 Å². The molecule has 0 amide bonds. The minimum atomic E-state index is -6.72. The number of ether oxygens (including phenoxy) is 2. The summed E-state index contributed by atoms with van der Waals surface area (Å²) in [5, 5.41) is 0. The predicted molar refractivity (Wildman–Crippen MR) is 146 cm³/mol. The summed E-state index contributed by atoms with van der Waals surface area (Å²) in [5.74, 6) is 0. The highest BCUT2D eigenvalue weighted by molar-refractivity contribution is 8.13. The zero-order valence-electron chi connectivity index (χ0n) is 24.3. The molecule has 42 heavy (non-hydrogen) atoms. The second-order valence-electron chi connectivity index (χ2n) is 9.68. The second kappa shape index (κ2) is 21.3. The molecule has 0 spiro atoms. The first-order valence-electron chi connectivity index (χ1n) is 14.1. The third-order valence-corrected chi connectivity index (χ3v) is 8.53. The van der Waals surface area contributed by atoms with Gasteiger partial charge in [0.2, 0.25) is 6.33 Å². The van der Waals surface area contributed by atoms with E-state index in [9.17, 15) is 43.2 Å². The Balaban J connectivity index is 0.000000951. The summed E-state index contributed by atoms with van der Waals surface area (Å²) in [4.78, 5) is 0. The zero-order valence-corrected chi connectivity index (χ0v) is 26.0. The summed E-state index contributed by atoms with van der Waals surface area (Å²) < 4.78 is 125. The van der Waals surface area contributed by atoms with Gasteiger partial charge in [-0.05, 0) is 12.8 Å². The highest BCUT2D eigenvalue weighted by atomic mass is 32.3. The first-order chi connectivity index (χ1) is 19.6. The summed E-state index contributed by atoms with van der Waals surface area (Å²) in [5.41, 5.74) is -12.4. The molecule has 0 N–H and O–H groups in total. The van der Waals surface area contributed by atoms with Crippen LogP contribution in [-0.4, -0.2) is 45.6 Å². The van der Waals surface area contributed by atoms with Crippen LogP contribution >= 0.6 is 0 Å². The van der Waals surface area contributed by atoms with Crippen molar-refractivity contribution in [2.24, 2.45) is 0 Å². The van der Waals surface area contributed by atoms with E-state index in [4.69, 9.17) is 9.47 Å². The molecule has 250 valence electrons. The van der Waals surface area contributed by atoms with E-state index in [1.807, 2.05) is 0 Å². The fourth-order valence-corrected chi connectivity index (χ4v) is 5.18. The quantitative estimate of drug-likeness (QED) is 0.0734. The number of nitrogens with zero attached hydrogens (tertiary/aromatic N) is 3. The van der Waals surface area contributed by atoms with Crippen molar-refractivity contribution in [2.45, 2.75) is 128 Å². The maximum absolute atomic E-state index is 11.4. The van der Waals surface area contributed by atoms with Crippen molar-refractivity contribution in [1.82, 2.24) is 4.57 Å². The first-order valence-corrected chi connectivity index (χ1v) is 17.0. The van der Waals surface area contributed by atoms with Gasteiger partial charge in [0, 0.05) is 0 Å². The van der Waals surface area contributed by atoms with Crippen molar-refractivity contribution in [3.05, 3.63) is 22.8 Å². The molecule has 0 aliphatic heterocycles. The van der Waals surface area contributed by atoms with Crippen molar-refractivity contribution in [1.29, 1.82) is 0 Å². The molecular formula is C25H45F6N3O6S2. The van der Waals surface area contributed by atoms with Crippen LogP contribution in [0.3, 0.4) is 0 Å². The Morgan fingerprint density at radius 1 is 0.667 bits per heavy atom. The topological polar surface area (TPSA) is 110 Å². The number of hydrogen-bond acceptors (Lipinski definition) is 6. The zero-order chi connectivity index (χ0) is 32.1. The summed E-state index contributed by atoms with van der Waals surface area (Å²) in [6.45, 7) is 7.53. The van der Waals surface area contributed by atoms with Crippen molar-refractivity contribution in [3.63, 3.8) is 0 Å². The third-order valence-electron chi connectivity index (χ3n) is 5.79. The van der Waals surface area contributed by atoms with Crippen LogP contribution in [0.2, 0.25) is 0 Å². The van der Waals surface area contributed by atoms with Crippen molar-refractivity contribution in [3.8, 4) is 0 Å². The normalized spacial score (nSPS) is 12.8. The summed E-state index contributed by atoms with van der Waals surface area (Å²) in [7, 11) is -13.4. The second-order valence-corrected chi connectivity index (χ2v) is 13.1. The van der Waals surface area contributed by atoms with E-state index in [2.05, 4.69) is 41.7 Å². The van der Waals surface area contributed by atoms with Gasteiger partial charge in [-0.2, -0.15) is 26.3 Å². The van der Waals surface area contributed by atoms with Crippen LogP contribution in [0.15, 0.2) is 18.7 Å². The average Bonchev–Trinajstić information content (AvgIpc) is 3.33. The molecule has 0 aliphatic rings. The lowest BCUT2D eigenvalue weighted by molar-refractivity contribution is -0.732. The molecule has 0 aliphatic carbocycles. The Hall–Kier alpha value is -1.43. The fourth-order valence-electron chi connectivity index (χ4n) is 3.47. The van der Waals surface area contributed by atoms with Gasteiger partial charge >= 0.3 is 11.0 Å². The van der Waals surface area contributed by atoms with Crippen molar-refractivity contribution < 1.29 is 57.2 Å². The Bertz CT molecular complexity index is 954. The van der Waals surface area contributed by atoms with Crippen LogP contribution in [0.25, 0.3) is 4.13 Å². The molecule has 1 aromatic rings. The lowest BCUT2D eigenvalue weighted by atomic mass is 10.1. The van der Waals surface area contributed by atoms with E-state index in [0.717, 1.165) is 17.3 Å². The largest absolute Gasteiger partial charge is 0.480 e. The Morgan fingerprint density at radius 2 is 1.07 bits per heavy atom. The van der Waals surface area contributed by atoms with E-state index in [1.165, 1.54) is 89.9 Å². The minimum Gasteiger partial charge on any atom is -0.421 e. The van der Waals surface area contributed by atoms with Crippen LogP contribution in [0, 0.1) is 0 Å². The van der Waals surface area contributed by atoms with Crippen LogP contribution in [0.5, 0.6) is 0 Å². The smallest absolute Gasteiger partial charge is 0.421 e. The lowest BCUT2D eigenvalue weighted by Crippen LogP contribution is -2.32. The SMILES string of the molecule is CCCCCCCCCOCn1cc[n+](COCCCCCCCCC)c1.O=S(=O)([N-]S(=O)(=O)C(F)(F)F)C(F)(F)F. The number of aromatic nitrogens is 2. The number of hydrogen-bond donors (Lipinski definition) is 0. The van der Waals surface area contributed by atoms with Crippen LogP contribution < -0.4 is 4.57 Å². The van der Waals surface area contributed by atoms with Crippen LogP contribution in [0.4, 0.5) is 26.3 Å². The molecule has 0 saturated carbocycles. The van der Waals surface area contributed by atoms with Gasteiger partial charge in [0.05, 0.1) is 13.2 Å². The minimum absolute atomic E-state index is 0.639. The standard InChI is InChI=1S/C23H45N2O2.C2F6NO4S2/c1-3-5-7-9-11-13-15-19-26-22-24-17-18-25(21-24)23-27-20-16-14-12-10-8-6-4-2;3-1(4,5)14(10,11)9-15(12,13)2(6,7)8/h17-18,21H,3-16,19-20,22-23H2,1-2H3;/q+1;-1. The molecular weight excluding hydrogens is 616 g/mol. The van der Waals surface area contributed by atoms with E-state index >= 15 is 0 Å². The molecule has 0 radical (unpaired) electrons. The van der Waals surface area contributed by atoms with Crippen LogP contribution in [0.1, 0.15) is 104 Å². The van der Waals surface area contributed by atoms with Gasteiger partial charge < -0.3 is 13.6 Å². The van der Waals surface area contributed by atoms with Gasteiger partial charge in [-0.25, -0.2) is 26.0 Å². The Labute approximate surface area is 246 Å². The van der Waals surface area contributed by atoms with Gasteiger partial charge in [0.25, 0.3) is 0 Å². The summed E-state index contributed by atoms with van der Waals surface area (Å²) >= 11 is 0. The van der Waals surface area contributed by atoms with Gasteiger partial charge in [-0.3, -0.25) is 0 Å². The molecule has 0 atom stereocenters. The predicted octanol–water partition coefficient (Wildman–Crippen LogP) is 7.28. The van der Waals surface area contributed by atoms with E-state index in [1.54, 1.807) is 0 Å². The molecule has 9 nitrogen and oxygen atoms in total. The van der Waals surface area contributed by atoms with Gasteiger partial charge in [-0.15, -0.1) is 0 Å². The average molecular weight is 662 g/mol. The monoisotopic (exact) mass is 661 g/mol. The van der Waals surface area contributed by atoms with E-state index < -0.39 is 31.1 Å². The van der Waals surface area contributed by atoms with Crippen molar-refractivity contribution >= 4 is 20.0 Å². The highest BCUT2D eigenvalue weighted by Crippen LogP contribution is 2.36. The maximum atomic E-state index is 11.4. The molecule has 1 heterocycles. The Morgan fingerprint density at radius 3 is 1.50 bits per heavy atom. The third kappa shape index (κ3) is 19.0. The number of imidazole rings is 1. The van der Waals surface area contributed by atoms with Gasteiger partial charge in [0.15, 0.2) is 33.5 Å². The van der Waals surface area contributed by atoms with Crippen LogP contribution in [-0.2, 0) is 43.0 Å². The molecule has 0 unspecified atom stereocenters. The summed E-state index contributed by atoms with van der Waals surface area (Å²) in [6.07, 6.45) is 24.8.